The van der Waals surface area contributed by atoms with Crippen molar-refractivity contribution in [2.24, 2.45) is 16.7 Å². The molecule has 0 aromatic heterocycles. The topological polar surface area (TPSA) is 27.7 Å². The second kappa shape index (κ2) is 4.05. The molecule has 0 unspecified atom stereocenters. The summed E-state index contributed by atoms with van der Waals surface area (Å²) in [5, 5.41) is 0. The molecule has 4 heteroatoms. The van der Waals surface area contributed by atoms with E-state index >= 15 is 0 Å². The molecule has 2 aliphatic rings. The van der Waals surface area contributed by atoms with Crippen LogP contribution in [0.4, 0.5) is 0 Å². The van der Waals surface area contributed by atoms with Crippen LogP contribution in [0.3, 0.4) is 0 Å². The zero-order chi connectivity index (χ0) is 12.9. The molecule has 2 aliphatic carbocycles. The van der Waals surface area contributed by atoms with Crippen LogP contribution in [-0.2, 0) is 13.3 Å². The maximum atomic E-state index is 6.26. The summed E-state index contributed by atoms with van der Waals surface area (Å²) in [6, 6.07) is 0. The molecule has 0 radical (unpaired) electrons. The highest BCUT2D eigenvalue weighted by atomic mass is 28.4. The van der Waals surface area contributed by atoms with Crippen LogP contribution in [0.2, 0.25) is 6.55 Å². The van der Waals surface area contributed by atoms with Gasteiger partial charge in [0, 0.05) is 20.8 Å². The maximum absolute atomic E-state index is 6.26. The van der Waals surface area contributed by atoms with Gasteiger partial charge in [-0.2, -0.15) is 0 Å². The molecule has 0 heterocycles. The number of hydrogen-bond acceptors (Lipinski definition) is 3. The van der Waals surface area contributed by atoms with Crippen LogP contribution in [0.25, 0.3) is 0 Å². The first-order valence-electron chi connectivity index (χ1n) is 6.57. The fraction of sp³-hybridized carbons (Fsp3) is 1.00. The summed E-state index contributed by atoms with van der Waals surface area (Å²) in [7, 11) is 0.972. The Bertz CT molecular complexity index is 301. The average Bonchev–Trinajstić information content (AvgIpc) is 2.62. The van der Waals surface area contributed by atoms with E-state index in [4.69, 9.17) is 13.3 Å². The summed E-state index contributed by atoms with van der Waals surface area (Å²) in [4.78, 5) is 0. The lowest BCUT2D eigenvalue weighted by Gasteiger charge is -2.41. The predicted molar refractivity (Wildman–Crippen MR) is 69.7 cm³/mol. The van der Waals surface area contributed by atoms with Crippen LogP contribution < -0.4 is 0 Å². The largest absolute Gasteiger partial charge is 0.497 e. The van der Waals surface area contributed by atoms with Gasteiger partial charge in [0.05, 0.1) is 6.10 Å². The van der Waals surface area contributed by atoms with Gasteiger partial charge in [-0.3, -0.25) is 0 Å². The summed E-state index contributed by atoms with van der Waals surface area (Å²) in [6.07, 6.45) is 4.08. The molecule has 0 aromatic rings. The second-order valence-corrected chi connectivity index (χ2v) is 9.26. The molecule has 0 aromatic carbocycles. The lowest BCUT2D eigenvalue weighted by atomic mass is 9.70. The third-order valence-electron chi connectivity index (χ3n) is 5.81. The fourth-order valence-electron chi connectivity index (χ4n) is 3.75. The third kappa shape index (κ3) is 1.81. The van der Waals surface area contributed by atoms with Crippen LogP contribution >= 0.6 is 0 Å². The first-order chi connectivity index (χ1) is 7.79. The molecule has 0 amide bonds. The molecule has 0 saturated heterocycles. The van der Waals surface area contributed by atoms with E-state index in [0.717, 1.165) is 5.92 Å². The van der Waals surface area contributed by atoms with Crippen LogP contribution in [0.5, 0.6) is 0 Å². The third-order valence-corrected chi connectivity index (χ3v) is 8.01. The molecule has 2 fully saturated rings. The molecule has 2 rings (SSSR count). The molecule has 2 saturated carbocycles. The van der Waals surface area contributed by atoms with Gasteiger partial charge in [-0.05, 0) is 36.0 Å². The van der Waals surface area contributed by atoms with Gasteiger partial charge < -0.3 is 13.3 Å². The van der Waals surface area contributed by atoms with Gasteiger partial charge in [0.25, 0.3) is 0 Å². The molecule has 3 atom stereocenters. The van der Waals surface area contributed by atoms with E-state index in [1.54, 1.807) is 14.2 Å². The lowest BCUT2D eigenvalue weighted by molar-refractivity contribution is -0.0216. The Balaban J connectivity index is 2.16. The Morgan fingerprint density at radius 2 is 1.71 bits per heavy atom. The zero-order valence-electron chi connectivity index (χ0n) is 12.0. The first-order valence-corrected chi connectivity index (χ1v) is 8.79. The lowest BCUT2D eigenvalue weighted by Crippen LogP contribution is -2.48. The number of rotatable bonds is 4. The molecule has 0 aliphatic heterocycles. The first kappa shape index (κ1) is 13.5. The Hall–Kier alpha value is 0.0969. The smallest absolute Gasteiger partial charge is 0.377 e. The van der Waals surface area contributed by atoms with Gasteiger partial charge in [0.2, 0.25) is 0 Å². The molecular weight excluding hydrogens is 232 g/mol. The minimum Gasteiger partial charge on any atom is -0.377 e. The van der Waals surface area contributed by atoms with Gasteiger partial charge >= 0.3 is 8.80 Å². The summed E-state index contributed by atoms with van der Waals surface area (Å²) in [5.41, 5.74) is 0.664. The quantitative estimate of drug-likeness (QED) is 0.725. The molecule has 2 bridgehead atoms. The van der Waals surface area contributed by atoms with E-state index in [-0.39, 0.29) is 5.41 Å². The zero-order valence-corrected chi connectivity index (χ0v) is 13.0. The van der Waals surface area contributed by atoms with Crippen molar-refractivity contribution in [3.05, 3.63) is 0 Å². The van der Waals surface area contributed by atoms with Crippen LogP contribution in [-0.4, -0.2) is 29.1 Å². The summed E-state index contributed by atoms with van der Waals surface area (Å²) >= 11 is 0. The highest BCUT2D eigenvalue weighted by Gasteiger charge is 2.63. The van der Waals surface area contributed by atoms with Gasteiger partial charge in [0.15, 0.2) is 0 Å². The molecular formula is C13H26O3Si. The SMILES string of the molecule is CO[Si](C)(OC)O[C@H]1C[C@H]2CC[C@]1(C)C2(C)C. The predicted octanol–water partition coefficient (Wildman–Crippen LogP) is 3.08. The normalized spacial score (nSPS) is 39.9. The van der Waals surface area contributed by atoms with Crippen molar-refractivity contribution in [1.82, 2.24) is 0 Å². The van der Waals surface area contributed by atoms with Crippen molar-refractivity contribution < 1.29 is 13.3 Å². The Kier molecular flexibility index (Phi) is 3.22. The van der Waals surface area contributed by atoms with E-state index in [0.29, 0.717) is 11.5 Å². The molecule has 0 spiro atoms. The van der Waals surface area contributed by atoms with E-state index in [2.05, 4.69) is 20.8 Å². The van der Waals surface area contributed by atoms with Crippen molar-refractivity contribution in [3.8, 4) is 0 Å². The average molecular weight is 258 g/mol. The minimum absolute atomic E-state index is 0.281. The minimum atomic E-state index is -2.41. The molecule has 17 heavy (non-hydrogen) atoms. The highest BCUT2D eigenvalue weighted by Crippen LogP contribution is 2.66. The number of fused-ring (bicyclic) bond motifs is 2. The van der Waals surface area contributed by atoms with E-state index in [1.807, 2.05) is 6.55 Å². The van der Waals surface area contributed by atoms with Crippen LogP contribution in [0.1, 0.15) is 40.0 Å². The van der Waals surface area contributed by atoms with E-state index in [1.165, 1.54) is 19.3 Å². The molecule has 3 nitrogen and oxygen atoms in total. The van der Waals surface area contributed by atoms with E-state index in [9.17, 15) is 0 Å². The van der Waals surface area contributed by atoms with Crippen LogP contribution in [0.15, 0.2) is 0 Å². The summed E-state index contributed by atoms with van der Waals surface area (Å²) in [5.74, 6) is 0.796. The monoisotopic (exact) mass is 258 g/mol. The van der Waals surface area contributed by atoms with Crippen LogP contribution in [0, 0.1) is 16.7 Å². The summed E-state index contributed by atoms with van der Waals surface area (Å²) in [6.45, 7) is 9.15. The Morgan fingerprint density at radius 1 is 1.12 bits per heavy atom. The standard InChI is InChI=1S/C13H26O3Si/c1-12(2)10-7-8-13(12,3)11(9-10)16-17(6,14-4)15-5/h10-11H,7-9H2,1-6H3/t10-,11+,13+/m1/s1. The van der Waals surface area contributed by atoms with E-state index < -0.39 is 8.80 Å². The van der Waals surface area contributed by atoms with Crippen molar-refractivity contribution in [1.29, 1.82) is 0 Å². The van der Waals surface area contributed by atoms with Gasteiger partial charge in [-0.25, -0.2) is 0 Å². The highest BCUT2D eigenvalue weighted by molar-refractivity contribution is 6.59. The van der Waals surface area contributed by atoms with Gasteiger partial charge in [0.1, 0.15) is 0 Å². The van der Waals surface area contributed by atoms with Crippen molar-refractivity contribution in [3.63, 3.8) is 0 Å². The number of hydrogen-bond donors (Lipinski definition) is 0. The second-order valence-electron chi connectivity index (χ2n) is 6.49. The molecule has 100 valence electrons. The van der Waals surface area contributed by atoms with Gasteiger partial charge in [-0.1, -0.05) is 20.8 Å². The van der Waals surface area contributed by atoms with Crippen molar-refractivity contribution in [2.45, 2.75) is 52.7 Å². The van der Waals surface area contributed by atoms with Crippen molar-refractivity contribution in [2.75, 3.05) is 14.2 Å². The Labute approximate surface area is 106 Å². The fourth-order valence-corrected chi connectivity index (χ4v) is 4.98. The molecule has 0 N–H and O–H groups in total. The van der Waals surface area contributed by atoms with Gasteiger partial charge in [-0.15, -0.1) is 0 Å². The maximum Gasteiger partial charge on any atom is 0.497 e. The summed E-state index contributed by atoms with van der Waals surface area (Å²) < 4.78 is 17.2. The van der Waals surface area contributed by atoms with Crippen molar-refractivity contribution >= 4 is 8.80 Å². The Morgan fingerprint density at radius 3 is 2.06 bits per heavy atom.